The van der Waals surface area contributed by atoms with Crippen molar-refractivity contribution in [2.45, 2.75) is 6.61 Å². The number of nitrogens with zero attached hydrogens (tertiary/aromatic N) is 1. The van der Waals surface area contributed by atoms with Crippen molar-refractivity contribution in [3.63, 3.8) is 0 Å². The van der Waals surface area contributed by atoms with Crippen LogP contribution < -0.4 is 10.5 Å². The quantitative estimate of drug-likeness (QED) is 0.786. The van der Waals surface area contributed by atoms with Crippen LogP contribution in [-0.2, 0) is 6.61 Å². The van der Waals surface area contributed by atoms with Gasteiger partial charge in [-0.05, 0) is 17.7 Å². The van der Waals surface area contributed by atoms with Crippen LogP contribution in [0.25, 0.3) is 11.1 Å². The van der Waals surface area contributed by atoms with Crippen LogP contribution in [0.2, 0.25) is 0 Å². The first-order valence-electron chi connectivity index (χ1n) is 6.80. The van der Waals surface area contributed by atoms with Gasteiger partial charge in [0.25, 0.3) is 0 Å². The lowest BCUT2D eigenvalue weighted by molar-refractivity contribution is 0.307. The van der Waals surface area contributed by atoms with Crippen molar-refractivity contribution < 1.29 is 4.74 Å². The van der Waals surface area contributed by atoms with Crippen LogP contribution in [0.1, 0.15) is 5.56 Å². The van der Waals surface area contributed by atoms with E-state index in [1.807, 2.05) is 42.5 Å². The van der Waals surface area contributed by atoms with Crippen LogP contribution in [0.5, 0.6) is 5.75 Å². The molecule has 0 fully saturated rings. The molecule has 0 aliphatic heterocycles. The molecule has 3 nitrogen and oxygen atoms in total. The molecule has 2 aromatic carbocycles. The first-order valence-corrected chi connectivity index (χ1v) is 6.80. The number of hydrogen-bond donors (Lipinski definition) is 1. The number of nitrogens with two attached hydrogens (primary N) is 1. The molecule has 0 radical (unpaired) electrons. The van der Waals surface area contributed by atoms with Gasteiger partial charge < -0.3 is 10.5 Å². The van der Waals surface area contributed by atoms with E-state index < -0.39 is 0 Å². The van der Waals surface area contributed by atoms with Crippen LogP contribution >= 0.6 is 0 Å². The number of hydrogen-bond acceptors (Lipinski definition) is 3. The number of rotatable bonds is 4. The van der Waals surface area contributed by atoms with Crippen molar-refractivity contribution in [1.29, 1.82) is 0 Å². The zero-order valence-electron chi connectivity index (χ0n) is 11.6. The summed E-state index contributed by atoms with van der Waals surface area (Å²) in [5, 5.41) is 0. The Morgan fingerprint density at radius 1 is 0.857 bits per heavy atom. The highest BCUT2D eigenvalue weighted by Crippen LogP contribution is 2.30. The van der Waals surface area contributed by atoms with Gasteiger partial charge in [-0.25, -0.2) is 4.98 Å². The minimum atomic E-state index is 0.469. The average Bonchev–Trinajstić information content (AvgIpc) is 2.55. The SMILES string of the molecule is Nc1ccc(COc2ccccc2-c2ccccc2)cn1. The van der Waals surface area contributed by atoms with E-state index in [9.17, 15) is 0 Å². The fourth-order valence-electron chi connectivity index (χ4n) is 2.13. The van der Waals surface area contributed by atoms with Crippen molar-refractivity contribution in [2.75, 3.05) is 5.73 Å². The standard InChI is InChI=1S/C18H16N2O/c19-18-11-10-14(12-20-18)13-21-17-9-5-4-8-16(17)15-6-2-1-3-7-15/h1-12H,13H2,(H2,19,20). The van der Waals surface area contributed by atoms with Gasteiger partial charge in [0.05, 0.1) is 0 Å². The van der Waals surface area contributed by atoms with Crippen molar-refractivity contribution >= 4 is 5.82 Å². The maximum absolute atomic E-state index is 5.94. The highest BCUT2D eigenvalue weighted by molar-refractivity contribution is 5.70. The van der Waals surface area contributed by atoms with E-state index in [0.717, 1.165) is 22.4 Å². The van der Waals surface area contributed by atoms with E-state index in [1.165, 1.54) is 0 Å². The Morgan fingerprint density at radius 2 is 1.62 bits per heavy atom. The Labute approximate surface area is 124 Å². The molecule has 0 unspecified atom stereocenters. The molecule has 3 rings (SSSR count). The molecule has 2 N–H and O–H groups in total. The lowest BCUT2D eigenvalue weighted by Gasteiger charge is -2.11. The smallest absolute Gasteiger partial charge is 0.127 e. The number of benzene rings is 2. The van der Waals surface area contributed by atoms with Crippen LogP contribution in [0.3, 0.4) is 0 Å². The number of anilines is 1. The highest BCUT2D eigenvalue weighted by Gasteiger charge is 2.05. The Balaban J connectivity index is 1.81. The second-order valence-corrected chi connectivity index (χ2v) is 4.74. The molecule has 0 atom stereocenters. The number of ether oxygens (including phenoxy) is 1. The van der Waals surface area contributed by atoms with Gasteiger partial charge in [-0.3, -0.25) is 0 Å². The van der Waals surface area contributed by atoms with E-state index in [2.05, 4.69) is 23.2 Å². The van der Waals surface area contributed by atoms with Crippen molar-refractivity contribution in [2.24, 2.45) is 0 Å². The topological polar surface area (TPSA) is 48.1 Å². The van der Waals surface area contributed by atoms with Gasteiger partial charge in [0, 0.05) is 17.3 Å². The van der Waals surface area contributed by atoms with Crippen LogP contribution in [0.15, 0.2) is 72.9 Å². The van der Waals surface area contributed by atoms with Crippen LogP contribution in [0.4, 0.5) is 5.82 Å². The van der Waals surface area contributed by atoms with E-state index >= 15 is 0 Å². The maximum atomic E-state index is 5.94. The second kappa shape index (κ2) is 6.09. The summed E-state index contributed by atoms with van der Waals surface area (Å²) in [6, 6.07) is 21.9. The minimum Gasteiger partial charge on any atom is -0.488 e. The molecule has 0 saturated carbocycles. The predicted octanol–water partition coefficient (Wildman–Crippen LogP) is 3.91. The summed E-state index contributed by atoms with van der Waals surface area (Å²) in [5.74, 6) is 1.38. The van der Waals surface area contributed by atoms with Gasteiger partial charge in [0.2, 0.25) is 0 Å². The molecule has 104 valence electrons. The van der Waals surface area contributed by atoms with Crippen LogP contribution in [0, 0.1) is 0 Å². The van der Waals surface area contributed by atoms with Crippen molar-refractivity contribution in [1.82, 2.24) is 4.98 Å². The third kappa shape index (κ3) is 3.20. The van der Waals surface area contributed by atoms with Crippen molar-refractivity contribution in [3.8, 4) is 16.9 Å². The molecule has 0 saturated heterocycles. The molecule has 0 spiro atoms. The third-order valence-electron chi connectivity index (χ3n) is 3.21. The fourth-order valence-corrected chi connectivity index (χ4v) is 2.13. The summed E-state index contributed by atoms with van der Waals surface area (Å²) in [6.45, 7) is 0.469. The molecule has 0 amide bonds. The monoisotopic (exact) mass is 276 g/mol. The Morgan fingerprint density at radius 3 is 2.38 bits per heavy atom. The number of nitrogen functional groups attached to an aromatic ring is 1. The van der Waals surface area contributed by atoms with Crippen molar-refractivity contribution in [3.05, 3.63) is 78.5 Å². The summed E-state index contributed by atoms with van der Waals surface area (Å²) < 4.78 is 5.94. The van der Waals surface area contributed by atoms with E-state index in [-0.39, 0.29) is 0 Å². The maximum Gasteiger partial charge on any atom is 0.127 e. The number of para-hydroxylation sites is 1. The summed E-state index contributed by atoms with van der Waals surface area (Å²) in [7, 11) is 0. The van der Waals surface area contributed by atoms with Gasteiger partial charge in [-0.2, -0.15) is 0 Å². The molecule has 21 heavy (non-hydrogen) atoms. The fraction of sp³-hybridized carbons (Fsp3) is 0.0556. The first-order chi connectivity index (χ1) is 10.3. The average molecular weight is 276 g/mol. The highest BCUT2D eigenvalue weighted by atomic mass is 16.5. The van der Waals surface area contributed by atoms with Gasteiger partial charge in [0.15, 0.2) is 0 Å². The van der Waals surface area contributed by atoms with E-state index in [1.54, 1.807) is 12.3 Å². The molecule has 1 heterocycles. The molecule has 0 bridgehead atoms. The molecule has 1 aromatic heterocycles. The first kappa shape index (κ1) is 13.2. The molecular weight excluding hydrogens is 260 g/mol. The lowest BCUT2D eigenvalue weighted by Crippen LogP contribution is -1.98. The lowest BCUT2D eigenvalue weighted by atomic mass is 10.1. The summed E-state index contributed by atoms with van der Waals surface area (Å²) in [5.41, 5.74) is 8.80. The molecule has 0 aliphatic rings. The van der Waals surface area contributed by atoms with Gasteiger partial charge in [-0.1, -0.05) is 54.6 Å². The normalized spacial score (nSPS) is 10.3. The minimum absolute atomic E-state index is 0.469. The summed E-state index contributed by atoms with van der Waals surface area (Å²) in [4.78, 5) is 4.07. The second-order valence-electron chi connectivity index (χ2n) is 4.74. The summed E-state index contributed by atoms with van der Waals surface area (Å²) >= 11 is 0. The molecule has 0 aliphatic carbocycles. The third-order valence-corrected chi connectivity index (χ3v) is 3.21. The Bertz CT molecular complexity index is 709. The zero-order chi connectivity index (χ0) is 14.5. The molecule has 3 aromatic rings. The van der Waals surface area contributed by atoms with E-state index in [4.69, 9.17) is 10.5 Å². The Hall–Kier alpha value is -2.81. The van der Waals surface area contributed by atoms with Crippen LogP contribution in [-0.4, -0.2) is 4.98 Å². The van der Waals surface area contributed by atoms with Gasteiger partial charge in [-0.15, -0.1) is 0 Å². The number of pyridine rings is 1. The zero-order valence-corrected chi connectivity index (χ0v) is 11.6. The largest absolute Gasteiger partial charge is 0.488 e. The molecule has 3 heteroatoms. The van der Waals surface area contributed by atoms with Gasteiger partial charge in [0.1, 0.15) is 18.2 Å². The molecular formula is C18H16N2O. The Kier molecular flexibility index (Phi) is 3.83. The van der Waals surface area contributed by atoms with E-state index in [0.29, 0.717) is 12.4 Å². The van der Waals surface area contributed by atoms with Gasteiger partial charge >= 0.3 is 0 Å². The predicted molar refractivity (Wildman–Crippen MR) is 84.9 cm³/mol. The number of aromatic nitrogens is 1. The summed E-state index contributed by atoms with van der Waals surface area (Å²) in [6.07, 6.45) is 1.74.